The molecule has 250 valence electrons. The van der Waals surface area contributed by atoms with E-state index in [4.69, 9.17) is 37.4 Å². The van der Waals surface area contributed by atoms with Gasteiger partial charge in [-0.05, 0) is 42.7 Å². The molecule has 8 rings (SSSR count). The lowest BCUT2D eigenvalue weighted by molar-refractivity contribution is 0.0515. The van der Waals surface area contributed by atoms with E-state index in [2.05, 4.69) is 14.9 Å². The molecule has 2 atom stereocenters. The SMILES string of the molecule is COC(=O)c1cc(F)c(-c2cccc3c2OCN(C(=O)c2c(Cl)cc(-c4cn(C)c5nccnc45)cc2Cl)C3)cc1N1C2CCC1COC2. The van der Waals surface area contributed by atoms with Crippen LogP contribution in [0, 0.1) is 5.82 Å². The van der Waals surface area contributed by atoms with Crippen molar-refractivity contribution < 1.29 is 28.2 Å². The number of nitrogens with zero attached hydrogens (tertiary/aromatic N) is 5. The monoisotopic (exact) mass is 701 g/mol. The number of anilines is 1. The number of hydrogen-bond acceptors (Lipinski definition) is 8. The fourth-order valence-electron chi connectivity index (χ4n) is 7.29. The first-order valence-electron chi connectivity index (χ1n) is 15.8. The average molecular weight is 703 g/mol. The number of carbonyl (C=O) groups is 2. The standard InChI is InChI=1S/C36H30Cl2FN5O5/c1-42-15-26(32-34(42)41-9-8-40-32)20-10-27(37)31(28(38)11-20)35(45)43-14-19-4-3-5-23(33(19)49-18-43)24-13-30(25(12-29(24)39)36(46)47-2)44-21-6-7-22(44)17-48-16-21/h3-5,8-13,15,21-22H,6-7,14,16-18H2,1-2H3. The number of aromatic nitrogens is 3. The van der Waals surface area contributed by atoms with E-state index in [1.807, 2.05) is 23.9 Å². The van der Waals surface area contributed by atoms with Crippen LogP contribution in [0.3, 0.4) is 0 Å². The molecule has 0 spiro atoms. The number of rotatable bonds is 5. The zero-order valence-electron chi connectivity index (χ0n) is 26.6. The van der Waals surface area contributed by atoms with Gasteiger partial charge in [-0.1, -0.05) is 41.4 Å². The largest absolute Gasteiger partial charge is 0.472 e. The molecule has 5 aromatic rings. The highest BCUT2D eigenvalue weighted by atomic mass is 35.5. The van der Waals surface area contributed by atoms with Gasteiger partial charge in [-0.2, -0.15) is 0 Å². The van der Waals surface area contributed by atoms with Crippen LogP contribution < -0.4 is 9.64 Å². The van der Waals surface area contributed by atoms with Gasteiger partial charge in [-0.15, -0.1) is 0 Å². The van der Waals surface area contributed by atoms with E-state index in [0.717, 1.165) is 18.4 Å². The molecule has 5 heterocycles. The number of para-hydroxylation sites is 1. The summed E-state index contributed by atoms with van der Waals surface area (Å²) in [6, 6.07) is 11.9. The third-order valence-electron chi connectivity index (χ3n) is 9.57. The molecule has 0 aliphatic carbocycles. The van der Waals surface area contributed by atoms with E-state index >= 15 is 4.39 Å². The average Bonchev–Trinajstić information content (AvgIpc) is 3.57. The Bertz CT molecular complexity index is 2130. The van der Waals surface area contributed by atoms with Gasteiger partial charge in [0.05, 0.1) is 65.8 Å². The summed E-state index contributed by atoms with van der Waals surface area (Å²) in [6.07, 6.45) is 6.96. The maximum atomic E-state index is 15.9. The van der Waals surface area contributed by atoms with Gasteiger partial charge in [-0.3, -0.25) is 9.78 Å². The minimum Gasteiger partial charge on any atom is -0.472 e. The Morgan fingerprint density at radius 3 is 2.45 bits per heavy atom. The topological polar surface area (TPSA) is 99.0 Å². The molecule has 0 radical (unpaired) electrons. The molecule has 3 aliphatic rings. The number of carbonyl (C=O) groups excluding carboxylic acids is 2. The Morgan fingerprint density at radius 1 is 0.980 bits per heavy atom. The molecule has 10 nitrogen and oxygen atoms in total. The van der Waals surface area contributed by atoms with E-state index in [0.29, 0.717) is 52.5 Å². The summed E-state index contributed by atoms with van der Waals surface area (Å²) < 4.78 is 34.8. The predicted molar refractivity (Wildman–Crippen MR) is 183 cm³/mol. The molecular weight excluding hydrogens is 672 g/mol. The molecule has 3 aromatic carbocycles. The molecule has 2 bridgehead atoms. The number of halogens is 3. The van der Waals surface area contributed by atoms with E-state index in [9.17, 15) is 9.59 Å². The zero-order valence-corrected chi connectivity index (χ0v) is 28.1. The van der Waals surface area contributed by atoms with Gasteiger partial charge < -0.3 is 28.6 Å². The Balaban J connectivity index is 1.11. The second-order valence-corrected chi connectivity index (χ2v) is 13.3. The van der Waals surface area contributed by atoms with Gasteiger partial charge in [0.1, 0.15) is 17.1 Å². The lowest BCUT2D eigenvalue weighted by Gasteiger charge is -2.37. The molecule has 2 fully saturated rings. The Kier molecular flexibility index (Phi) is 7.93. The Labute approximate surface area is 290 Å². The highest BCUT2D eigenvalue weighted by molar-refractivity contribution is 6.40. The van der Waals surface area contributed by atoms with Crippen LogP contribution in [-0.2, 0) is 23.1 Å². The third-order valence-corrected chi connectivity index (χ3v) is 10.2. The zero-order chi connectivity index (χ0) is 34.0. The number of aryl methyl sites for hydroxylation is 1. The van der Waals surface area contributed by atoms with Gasteiger partial charge >= 0.3 is 5.97 Å². The molecule has 0 N–H and O–H groups in total. The van der Waals surface area contributed by atoms with Crippen molar-refractivity contribution in [1.29, 1.82) is 0 Å². The lowest BCUT2D eigenvalue weighted by atomic mass is 9.96. The highest BCUT2D eigenvalue weighted by Gasteiger charge is 2.40. The molecule has 3 aliphatic heterocycles. The van der Waals surface area contributed by atoms with E-state index < -0.39 is 17.7 Å². The van der Waals surface area contributed by atoms with Crippen LogP contribution in [0.5, 0.6) is 5.75 Å². The summed E-state index contributed by atoms with van der Waals surface area (Å²) >= 11 is 13.5. The van der Waals surface area contributed by atoms with Crippen LogP contribution in [0.1, 0.15) is 39.1 Å². The number of amides is 1. The van der Waals surface area contributed by atoms with Crippen LogP contribution in [-0.4, -0.2) is 70.4 Å². The van der Waals surface area contributed by atoms with Crippen LogP contribution in [0.15, 0.2) is 61.1 Å². The Morgan fingerprint density at radius 2 is 1.71 bits per heavy atom. The van der Waals surface area contributed by atoms with Gasteiger partial charge in [0.25, 0.3) is 5.91 Å². The minimum atomic E-state index is -0.608. The van der Waals surface area contributed by atoms with Crippen molar-refractivity contribution in [2.75, 3.05) is 32.0 Å². The van der Waals surface area contributed by atoms with Gasteiger partial charge in [-0.25, -0.2) is 14.2 Å². The first kappa shape index (κ1) is 31.6. The van der Waals surface area contributed by atoms with Crippen LogP contribution >= 0.6 is 23.2 Å². The van der Waals surface area contributed by atoms with E-state index in [1.54, 1.807) is 42.7 Å². The normalized spacial score (nSPS) is 18.4. The second-order valence-electron chi connectivity index (χ2n) is 12.4. The van der Waals surface area contributed by atoms with Crippen LogP contribution in [0.2, 0.25) is 10.0 Å². The third kappa shape index (κ3) is 5.27. The van der Waals surface area contributed by atoms with Gasteiger partial charge in [0.15, 0.2) is 12.4 Å². The Hall–Kier alpha value is -4.71. The maximum absolute atomic E-state index is 15.9. The number of ether oxygens (including phenoxy) is 3. The van der Waals surface area contributed by atoms with Crippen molar-refractivity contribution >= 4 is 51.9 Å². The molecule has 1 amide bonds. The predicted octanol–water partition coefficient (Wildman–Crippen LogP) is 6.89. The molecular formula is C36H30Cl2FN5O5. The van der Waals surface area contributed by atoms with Crippen molar-refractivity contribution in [3.05, 3.63) is 93.6 Å². The first-order chi connectivity index (χ1) is 23.7. The van der Waals surface area contributed by atoms with Crippen molar-refractivity contribution in [2.45, 2.75) is 31.5 Å². The second kappa shape index (κ2) is 12.3. The number of hydrogen-bond donors (Lipinski definition) is 0. The van der Waals surface area contributed by atoms with Gasteiger partial charge in [0, 0.05) is 47.9 Å². The lowest BCUT2D eigenvalue weighted by Crippen LogP contribution is -2.46. The minimum absolute atomic E-state index is 0.0782. The number of fused-ring (bicyclic) bond motifs is 4. The summed E-state index contributed by atoms with van der Waals surface area (Å²) in [5, 5.41) is 0.371. The fourth-order valence-corrected chi connectivity index (χ4v) is 7.94. The highest BCUT2D eigenvalue weighted by Crippen LogP contribution is 2.44. The fraction of sp³-hybridized carbons (Fsp3) is 0.278. The van der Waals surface area contributed by atoms with Crippen LogP contribution in [0.4, 0.5) is 10.1 Å². The van der Waals surface area contributed by atoms with Crippen molar-refractivity contribution in [2.24, 2.45) is 7.05 Å². The quantitative estimate of drug-likeness (QED) is 0.183. The molecule has 0 saturated carbocycles. The van der Waals surface area contributed by atoms with Crippen molar-refractivity contribution in [1.82, 2.24) is 19.4 Å². The molecule has 2 aromatic heterocycles. The number of esters is 1. The van der Waals surface area contributed by atoms with Crippen molar-refractivity contribution in [3.63, 3.8) is 0 Å². The number of methoxy groups -OCH3 is 1. The smallest absolute Gasteiger partial charge is 0.340 e. The van der Waals surface area contributed by atoms with Gasteiger partial charge in [0.2, 0.25) is 0 Å². The van der Waals surface area contributed by atoms with Crippen LogP contribution in [0.25, 0.3) is 33.4 Å². The van der Waals surface area contributed by atoms with E-state index in [1.165, 1.54) is 18.1 Å². The number of morpholine rings is 1. The molecule has 13 heteroatoms. The first-order valence-corrected chi connectivity index (χ1v) is 16.6. The summed E-state index contributed by atoms with van der Waals surface area (Å²) in [4.78, 5) is 39.2. The number of benzene rings is 3. The maximum Gasteiger partial charge on any atom is 0.340 e. The molecule has 2 unspecified atom stereocenters. The summed E-state index contributed by atoms with van der Waals surface area (Å²) in [6.45, 7) is 1.13. The summed E-state index contributed by atoms with van der Waals surface area (Å²) in [5.41, 5.74) is 5.27. The van der Waals surface area contributed by atoms with Crippen molar-refractivity contribution in [3.8, 4) is 28.0 Å². The summed E-state index contributed by atoms with van der Waals surface area (Å²) in [5.74, 6) is -1.15. The summed E-state index contributed by atoms with van der Waals surface area (Å²) in [7, 11) is 3.16. The van der Waals surface area contributed by atoms with E-state index in [-0.39, 0.29) is 52.1 Å². The molecule has 2 saturated heterocycles. The molecule has 49 heavy (non-hydrogen) atoms.